The molecule has 25 heavy (non-hydrogen) atoms. The first-order valence-corrected chi connectivity index (χ1v) is 10.7. The minimum atomic E-state index is -2.99. The van der Waals surface area contributed by atoms with Crippen LogP contribution in [0.1, 0.15) is 24.0 Å². The summed E-state index contributed by atoms with van der Waals surface area (Å²) in [6.45, 7) is 4.42. The Morgan fingerprint density at radius 3 is 2.60 bits per heavy atom. The maximum absolute atomic E-state index is 11.4. The van der Waals surface area contributed by atoms with Crippen molar-refractivity contribution in [1.29, 1.82) is 0 Å². The highest BCUT2D eigenvalue weighted by atomic mass is 32.2. The highest BCUT2D eigenvalue weighted by Gasteiger charge is 2.42. The van der Waals surface area contributed by atoms with Crippen molar-refractivity contribution in [2.75, 3.05) is 39.6 Å². The van der Waals surface area contributed by atoms with Crippen molar-refractivity contribution < 1.29 is 13.2 Å². The van der Waals surface area contributed by atoms with Crippen molar-refractivity contribution in [3.8, 4) is 0 Å². The van der Waals surface area contributed by atoms with Crippen molar-refractivity contribution in [2.45, 2.75) is 25.1 Å². The molecular formula is C18H27N3O3S. The van der Waals surface area contributed by atoms with Gasteiger partial charge in [-0.3, -0.25) is 4.99 Å². The summed E-state index contributed by atoms with van der Waals surface area (Å²) < 4.78 is 28.3. The number of nitrogens with zero attached hydrogens (tertiary/aromatic N) is 2. The lowest BCUT2D eigenvalue weighted by molar-refractivity contribution is 0.156. The molecule has 3 rings (SSSR count). The molecule has 0 aliphatic carbocycles. The third-order valence-electron chi connectivity index (χ3n) is 5.04. The van der Waals surface area contributed by atoms with Crippen LogP contribution < -0.4 is 5.32 Å². The van der Waals surface area contributed by atoms with E-state index < -0.39 is 9.84 Å². The van der Waals surface area contributed by atoms with Crippen molar-refractivity contribution >= 4 is 15.8 Å². The van der Waals surface area contributed by atoms with Gasteiger partial charge in [-0.1, -0.05) is 24.3 Å². The van der Waals surface area contributed by atoms with Crippen molar-refractivity contribution in [1.82, 2.24) is 10.2 Å². The number of nitrogens with one attached hydrogen (secondary N) is 1. The van der Waals surface area contributed by atoms with E-state index in [4.69, 9.17) is 4.74 Å². The standard InChI is InChI=1S/C18H27N3O3S/c1-19-17(21-9-7-18(13-21)8-10-24-14-18)20-11-15-3-5-16(6-4-15)12-25(2,22)23/h3-6H,7-14H2,1-2H3,(H,19,20). The minimum absolute atomic E-state index is 0.0836. The second-order valence-corrected chi connectivity index (χ2v) is 9.40. The monoisotopic (exact) mass is 365 g/mol. The van der Waals surface area contributed by atoms with Crippen LogP contribution >= 0.6 is 0 Å². The zero-order valence-corrected chi connectivity index (χ0v) is 15.8. The number of hydrogen-bond donors (Lipinski definition) is 1. The highest BCUT2D eigenvalue weighted by molar-refractivity contribution is 7.89. The van der Waals surface area contributed by atoms with Gasteiger partial charge in [-0.15, -0.1) is 0 Å². The maximum atomic E-state index is 11.4. The number of hydrogen-bond acceptors (Lipinski definition) is 4. The van der Waals surface area contributed by atoms with Crippen LogP contribution in [0.3, 0.4) is 0 Å². The Morgan fingerprint density at radius 2 is 2.00 bits per heavy atom. The molecule has 6 nitrogen and oxygen atoms in total. The van der Waals surface area contributed by atoms with Gasteiger partial charge in [0, 0.05) is 45.0 Å². The van der Waals surface area contributed by atoms with Gasteiger partial charge in [0.05, 0.1) is 12.4 Å². The zero-order chi connectivity index (χ0) is 17.9. The predicted molar refractivity (Wildman–Crippen MR) is 99.2 cm³/mol. The number of aliphatic imine (C=N–C) groups is 1. The van der Waals surface area contributed by atoms with E-state index in [9.17, 15) is 8.42 Å². The molecule has 2 aliphatic heterocycles. The SMILES string of the molecule is CN=C(NCc1ccc(CS(C)(=O)=O)cc1)N1CCC2(CCOC2)C1. The van der Waals surface area contributed by atoms with Crippen molar-refractivity contribution in [2.24, 2.45) is 10.4 Å². The fourth-order valence-corrected chi connectivity index (χ4v) is 4.45. The zero-order valence-electron chi connectivity index (χ0n) is 15.0. The third-order valence-corrected chi connectivity index (χ3v) is 5.89. The number of guanidine groups is 1. The molecule has 2 heterocycles. The highest BCUT2D eigenvalue weighted by Crippen LogP contribution is 2.38. The first-order chi connectivity index (χ1) is 11.9. The summed E-state index contributed by atoms with van der Waals surface area (Å²) in [5.74, 6) is 1.00. The molecule has 1 N–H and O–H groups in total. The Hall–Kier alpha value is -1.60. The first-order valence-electron chi connectivity index (χ1n) is 8.68. The summed E-state index contributed by atoms with van der Waals surface area (Å²) in [6.07, 6.45) is 3.56. The molecule has 7 heteroatoms. The lowest BCUT2D eigenvalue weighted by atomic mass is 9.87. The van der Waals surface area contributed by atoms with E-state index in [1.54, 1.807) is 0 Å². The molecule has 2 aliphatic rings. The number of sulfone groups is 1. The Labute approximate surface area is 150 Å². The van der Waals surface area contributed by atoms with Crippen LogP contribution in [0.2, 0.25) is 0 Å². The molecule has 1 atom stereocenters. The Balaban J connectivity index is 1.55. The average molecular weight is 365 g/mol. The van der Waals surface area contributed by atoms with Crippen LogP contribution in [-0.2, 0) is 26.9 Å². The van der Waals surface area contributed by atoms with Crippen LogP contribution in [0.25, 0.3) is 0 Å². The second-order valence-electron chi connectivity index (χ2n) is 7.26. The molecule has 0 radical (unpaired) electrons. The number of rotatable bonds is 4. The van der Waals surface area contributed by atoms with E-state index in [1.165, 1.54) is 6.26 Å². The quantitative estimate of drug-likeness (QED) is 0.645. The largest absolute Gasteiger partial charge is 0.381 e. The van der Waals surface area contributed by atoms with Crippen LogP contribution in [0.15, 0.2) is 29.3 Å². The van der Waals surface area contributed by atoms with Crippen LogP contribution in [0.5, 0.6) is 0 Å². The molecule has 1 spiro atoms. The fraction of sp³-hybridized carbons (Fsp3) is 0.611. The van der Waals surface area contributed by atoms with E-state index in [0.29, 0.717) is 12.0 Å². The van der Waals surface area contributed by atoms with Gasteiger partial charge < -0.3 is 15.0 Å². The van der Waals surface area contributed by atoms with E-state index in [-0.39, 0.29) is 5.75 Å². The molecule has 2 fully saturated rings. The second kappa shape index (κ2) is 7.33. The Kier molecular flexibility index (Phi) is 5.34. The first kappa shape index (κ1) is 18.2. The van der Waals surface area contributed by atoms with Crippen LogP contribution in [0.4, 0.5) is 0 Å². The predicted octanol–water partition coefficient (Wildman–Crippen LogP) is 1.42. The summed E-state index contributed by atoms with van der Waals surface area (Å²) in [4.78, 5) is 6.73. The Morgan fingerprint density at radius 1 is 1.28 bits per heavy atom. The normalized spacial score (nSPS) is 24.2. The number of likely N-dealkylation sites (tertiary alicyclic amines) is 1. The van der Waals surface area contributed by atoms with Crippen LogP contribution in [-0.4, -0.2) is 58.9 Å². The molecular weight excluding hydrogens is 338 g/mol. The molecule has 0 aromatic heterocycles. The van der Waals surface area contributed by atoms with E-state index in [1.807, 2.05) is 31.3 Å². The molecule has 1 unspecified atom stereocenters. The van der Waals surface area contributed by atoms with E-state index in [2.05, 4.69) is 15.2 Å². The summed E-state index contributed by atoms with van der Waals surface area (Å²) in [6, 6.07) is 7.69. The van der Waals surface area contributed by atoms with Gasteiger partial charge in [-0.2, -0.15) is 0 Å². The molecule has 2 saturated heterocycles. The molecule has 1 aromatic rings. The number of ether oxygens (including phenoxy) is 1. The minimum Gasteiger partial charge on any atom is -0.381 e. The molecule has 0 amide bonds. The number of benzene rings is 1. The van der Waals surface area contributed by atoms with Crippen LogP contribution in [0, 0.1) is 5.41 Å². The topological polar surface area (TPSA) is 71.0 Å². The van der Waals surface area contributed by atoms with Gasteiger partial charge in [-0.05, 0) is 24.0 Å². The maximum Gasteiger partial charge on any atom is 0.193 e. The summed E-state index contributed by atoms with van der Waals surface area (Å²) in [7, 11) is -1.18. The van der Waals surface area contributed by atoms with Gasteiger partial charge in [0.15, 0.2) is 15.8 Å². The summed E-state index contributed by atoms with van der Waals surface area (Å²) in [5.41, 5.74) is 2.24. The van der Waals surface area contributed by atoms with Gasteiger partial charge >= 0.3 is 0 Å². The van der Waals surface area contributed by atoms with Gasteiger partial charge in [0.2, 0.25) is 0 Å². The summed E-state index contributed by atoms with van der Waals surface area (Å²) in [5, 5.41) is 3.42. The fourth-order valence-electron chi connectivity index (χ4n) is 3.66. The average Bonchev–Trinajstić information content (AvgIpc) is 3.19. The van der Waals surface area contributed by atoms with Gasteiger partial charge in [0.1, 0.15) is 0 Å². The lowest BCUT2D eigenvalue weighted by Crippen LogP contribution is -2.41. The van der Waals surface area contributed by atoms with Crippen molar-refractivity contribution in [3.63, 3.8) is 0 Å². The van der Waals surface area contributed by atoms with E-state index >= 15 is 0 Å². The van der Waals surface area contributed by atoms with Gasteiger partial charge in [0.25, 0.3) is 0 Å². The Bertz CT molecular complexity index is 722. The third kappa shape index (κ3) is 4.73. The molecule has 0 saturated carbocycles. The van der Waals surface area contributed by atoms with Crippen molar-refractivity contribution in [3.05, 3.63) is 35.4 Å². The molecule has 1 aromatic carbocycles. The molecule has 0 bridgehead atoms. The lowest BCUT2D eigenvalue weighted by Gasteiger charge is -2.25. The summed E-state index contributed by atoms with van der Waals surface area (Å²) >= 11 is 0. The smallest absolute Gasteiger partial charge is 0.193 e. The van der Waals surface area contributed by atoms with E-state index in [0.717, 1.165) is 56.2 Å². The van der Waals surface area contributed by atoms with Gasteiger partial charge in [-0.25, -0.2) is 8.42 Å². The molecule has 138 valence electrons.